The molecule has 7 aromatic rings. The van der Waals surface area contributed by atoms with Crippen LogP contribution in [-0.2, 0) is 10.8 Å². The number of aromatic hydroxyl groups is 1. The van der Waals surface area contributed by atoms with Crippen molar-refractivity contribution in [1.82, 2.24) is 14.5 Å². The third-order valence-electron chi connectivity index (χ3n) is 8.48. The van der Waals surface area contributed by atoms with Crippen LogP contribution in [0.25, 0.3) is 49.7 Å². The van der Waals surface area contributed by atoms with Crippen LogP contribution in [0.4, 0.5) is 0 Å². The maximum atomic E-state index is 11.0. The first-order valence-corrected chi connectivity index (χ1v) is 15.4. The SMILES string of the molecule is CC(C)(C)c1ccc(O)c2nc(Oc3ccc4c5ccccc5n(-c5cc(-c6ccccc6)ccn5)c4c3)cc(C(C)(C)C)c12. The molecule has 224 valence electrons. The minimum Gasteiger partial charge on any atom is -0.506 e. The highest BCUT2D eigenvalue weighted by Crippen LogP contribution is 2.42. The summed E-state index contributed by atoms with van der Waals surface area (Å²) >= 11 is 0. The van der Waals surface area contributed by atoms with Gasteiger partial charge in [0, 0.05) is 34.5 Å². The summed E-state index contributed by atoms with van der Waals surface area (Å²) in [7, 11) is 0. The van der Waals surface area contributed by atoms with Gasteiger partial charge in [-0.2, -0.15) is 0 Å². The second-order valence-electron chi connectivity index (χ2n) is 13.8. The van der Waals surface area contributed by atoms with Crippen molar-refractivity contribution in [1.29, 1.82) is 0 Å². The molecule has 0 aliphatic carbocycles. The Kier molecular flexibility index (Phi) is 6.66. The minimum atomic E-state index is -0.209. The van der Waals surface area contributed by atoms with Crippen molar-refractivity contribution in [2.24, 2.45) is 0 Å². The van der Waals surface area contributed by atoms with Gasteiger partial charge in [-0.05, 0) is 69.5 Å². The van der Waals surface area contributed by atoms with Crippen molar-refractivity contribution in [2.75, 3.05) is 0 Å². The molecular weight excluding hydrogens is 554 g/mol. The van der Waals surface area contributed by atoms with Crippen LogP contribution in [0.3, 0.4) is 0 Å². The number of benzene rings is 4. The average Bonchev–Trinajstić information content (AvgIpc) is 3.34. The summed E-state index contributed by atoms with van der Waals surface area (Å²) in [4.78, 5) is 9.69. The predicted molar refractivity (Wildman–Crippen MR) is 185 cm³/mol. The van der Waals surface area contributed by atoms with Crippen LogP contribution in [0, 0.1) is 0 Å². The molecule has 3 heterocycles. The van der Waals surface area contributed by atoms with E-state index in [0.29, 0.717) is 17.1 Å². The Bertz CT molecular complexity index is 2220. The van der Waals surface area contributed by atoms with Gasteiger partial charge in [-0.15, -0.1) is 0 Å². The number of hydrogen-bond acceptors (Lipinski definition) is 4. The van der Waals surface area contributed by atoms with E-state index in [1.165, 1.54) is 0 Å². The summed E-state index contributed by atoms with van der Waals surface area (Å²) in [6.07, 6.45) is 1.87. The van der Waals surface area contributed by atoms with Gasteiger partial charge in [0.2, 0.25) is 5.88 Å². The molecule has 3 aromatic heterocycles. The molecule has 0 aliphatic heterocycles. The van der Waals surface area contributed by atoms with E-state index in [9.17, 15) is 5.11 Å². The zero-order valence-electron chi connectivity index (χ0n) is 26.6. The van der Waals surface area contributed by atoms with Gasteiger partial charge in [0.15, 0.2) is 0 Å². The number of para-hydroxylation sites is 1. The first kappa shape index (κ1) is 28.6. The smallest absolute Gasteiger partial charge is 0.220 e. The summed E-state index contributed by atoms with van der Waals surface area (Å²) in [5.74, 6) is 2.08. The highest BCUT2D eigenvalue weighted by Gasteiger charge is 2.27. The summed E-state index contributed by atoms with van der Waals surface area (Å²) in [5, 5.41) is 14.2. The molecule has 0 unspecified atom stereocenters. The highest BCUT2D eigenvalue weighted by atomic mass is 16.5. The van der Waals surface area contributed by atoms with Crippen LogP contribution < -0.4 is 4.74 Å². The highest BCUT2D eigenvalue weighted by molar-refractivity contribution is 6.09. The normalized spacial score (nSPS) is 12.3. The molecule has 0 fully saturated rings. The second kappa shape index (κ2) is 10.5. The van der Waals surface area contributed by atoms with Crippen LogP contribution in [0.2, 0.25) is 0 Å². The standard InChI is InChI=1S/C40H37N3O2/c1-39(2,3)30-18-19-34(44)38-37(30)31(40(4,5)6)24-36(42-38)45-27-16-17-29-28-14-10-11-15-32(28)43(33(29)23-27)35-22-26(20-21-41-35)25-12-8-7-9-13-25/h7-24,44H,1-6H3. The zero-order valence-corrected chi connectivity index (χ0v) is 26.6. The summed E-state index contributed by atoms with van der Waals surface area (Å²) in [5.41, 5.74) is 6.75. The number of pyridine rings is 2. The van der Waals surface area contributed by atoms with Crippen LogP contribution >= 0.6 is 0 Å². The lowest BCUT2D eigenvalue weighted by Crippen LogP contribution is -2.18. The molecule has 0 bridgehead atoms. The molecule has 0 atom stereocenters. The number of ether oxygens (including phenoxy) is 1. The Balaban J connectivity index is 1.40. The Labute approximate surface area is 263 Å². The molecule has 4 aromatic carbocycles. The van der Waals surface area contributed by atoms with Gasteiger partial charge in [-0.1, -0.05) is 96.1 Å². The molecule has 0 saturated heterocycles. The van der Waals surface area contributed by atoms with Gasteiger partial charge >= 0.3 is 0 Å². The molecule has 0 spiro atoms. The van der Waals surface area contributed by atoms with Crippen LogP contribution in [-0.4, -0.2) is 19.6 Å². The van der Waals surface area contributed by atoms with Crippen LogP contribution in [0.1, 0.15) is 52.7 Å². The van der Waals surface area contributed by atoms with Crippen LogP contribution in [0.15, 0.2) is 109 Å². The molecule has 5 heteroatoms. The van der Waals surface area contributed by atoms with Crippen molar-refractivity contribution in [3.05, 3.63) is 120 Å². The Hall–Kier alpha value is -5.16. The number of fused-ring (bicyclic) bond motifs is 4. The topological polar surface area (TPSA) is 60.2 Å². The fourth-order valence-corrected chi connectivity index (χ4v) is 6.31. The van der Waals surface area contributed by atoms with E-state index in [0.717, 1.165) is 55.3 Å². The second-order valence-corrected chi connectivity index (χ2v) is 13.8. The third kappa shape index (κ3) is 5.08. The summed E-state index contributed by atoms with van der Waals surface area (Å²) in [6.45, 7) is 13.1. The van der Waals surface area contributed by atoms with Gasteiger partial charge in [-0.25, -0.2) is 9.97 Å². The van der Waals surface area contributed by atoms with Gasteiger partial charge < -0.3 is 9.84 Å². The van der Waals surface area contributed by atoms with Crippen molar-refractivity contribution in [3.63, 3.8) is 0 Å². The van der Waals surface area contributed by atoms with Gasteiger partial charge in [0.1, 0.15) is 22.8 Å². The zero-order chi connectivity index (χ0) is 31.5. The number of phenols is 1. The molecule has 7 rings (SSSR count). The lowest BCUT2D eigenvalue weighted by Gasteiger charge is -2.28. The number of rotatable bonds is 4. The van der Waals surface area contributed by atoms with Gasteiger partial charge in [0.25, 0.3) is 0 Å². The van der Waals surface area contributed by atoms with Crippen molar-refractivity contribution in [2.45, 2.75) is 52.4 Å². The quantitative estimate of drug-likeness (QED) is 0.221. The molecule has 0 aliphatic rings. The predicted octanol–water partition coefficient (Wildman–Crippen LogP) is 10.5. The third-order valence-corrected chi connectivity index (χ3v) is 8.48. The molecule has 0 radical (unpaired) electrons. The number of aromatic nitrogens is 3. The molecule has 0 saturated carbocycles. The Morgan fingerprint density at radius 3 is 2.11 bits per heavy atom. The van der Waals surface area contributed by atoms with Crippen molar-refractivity contribution in [3.8, 4) is 34.3 Å². The lowest BCUT2D eigenvalue weighted by atomic mass is 9.78. The Morgan fingerprint density at radius 2 is 1.36 bits per heavy atom. The Morgan fingerprint density at radius 1 is 0.644 bits per heavy atom. The van der Waals surface area contributed by atoms with E-state index in [-0.39, 0.29) is 16.6 Å². The number of phenolic OH excluding ortho intramolecular Hbond substituents is 1. The average molecular weight is 592 g/mol. The van der Waals surface area contributed by atoms with Gasteiger partial charge in [0.05, 0.1) is 11.0 Å². The monoisotopic (exact) mass is 591 g/mol. The molecule has 1 N–H and O–H groups in total. The number of nitrogens with zero attached hydrogens (tertiary/aromatic N) is 3. The largest absolute Gasteiger partial charge is 0.506 e. The fourth-order valence-electron chi connectivity index (χ4n) is 6.31. The maximum Gasteiger partial charge on any atom is 0.220 e. The van der Waals surface area contributed by atoms with Gasteiger partial charge in [-0.3, -0.25) is 4.57 Å². The minimum absolute atomic E-state index is 0.125. The van der Waals surface area contributed by atoms with Crippen molar-refractivity contribution < 1.29 is 9.84 Å². The molecule has 45 heavy (non-hydrogen) atoms. The first-order valence-electron chi connectivity index (χ1n) is 15.4. The lowest BCUT2D eigenvalue weighted by molar-refractivity contribution is 0.456. The van der Waals surface area contributed by atoms with E-state index in [1.807, 2.05) is 36.5 Å². The maximum absolute atomic E-state index is 11.0. The molecule has 5 nitrogen and oxygen atoms in total. The van der Waals surface area contributed by atoms with E-state index in [4.69, 9.17) is 14.7 Å². The van der Waals surface area contributed by atoms with Crippen LogP contribution in [0.5, 0.6) is 17.4 Å². The fraction of sp³-hybridized carbons (Fsp3) is 0.200. The van der Waals surface area contributed by atoms with E-state index in [2.05, 4.69) is 113 Å². The van der Waals surface area contributed by atoms with E-state index < -0.39 is 0 Å². The molecular formula is C40H37N3O2. The molecule has 0 amide bonds. The summed E-state index contributed by atoms with van der Waals surface area (Å²) < 4.78 is 8.73. The first-order chi connectivity index (χ1) is 21.5. The van der Waals surface area contributed by atoms with E-state index >= 15 is 0 Å². The van der Waals surface area contributed by atoms with E-state index in [1.54, 1.807) is 6.07 Å². The summed E-state index contributed by atoms with van der Waals surface area (Å²) in [6, 6.07) is 34.9. The van der Waals surface area contributed by atoms with Crippen molar-refractivity contribution >= 4 is 32.7 Å². The number of hydrogen-bond donors (Lipinski definition) is 1.